The van der Waals surface area contributed by atoms with Crippen molar-refractivity contribution >= 4 is 58.3 Å². The smallest absolute Gasteiger partial charge is 0.317 e. The van der Waals surface area contributed by atoms with Gasteiger partial charge in [0.1, 0.15) is 30.2 Å². The van der Waals surface area contributed by atoms with Gasteiger partial charge in [-0.05, 0) is 100 Å². The third-order valence-corrected chi connectivity index (χ3v) is 12.9. The molecule has 0 radical (unpaired) electrons. The highest BCUT2D eigenvalue weighted by Gasteiger charge is 2.41. The van der Waals surface area contributed by atoms with E-state index in [-0.39, 0.29) is 76.5 Å². The maximum atomic E-state index is 14.6. The zero-order valence-corrected chi connectivity index (χ0v) is 37.7. The lowest BCUT2D eigenvalue weighted by Crippen LogP contribution is -2.60. The van der Waals surface area contributed by atoms with Gasteiger partial charge < -0.3 is 57.7 Å². The minimum absolute atomic E-state index is 0.0253. The van der Waals surface area contributed by atoms with Crippen molar-refractivity contribution in [3.05, 3.63) is 71.9 Å². The molecule has 13 N–H and O–H groups in total. The number of aromatic amines is 1. The number of hydrogen-bond donors (Lipinski definition) is 12. The van der Waals surface area contributed by atoms with Crippen molar-refractivity contribution in [2.75, 3.05) is 26.2 Å². The summed E-state index contributed by atoms with van der Waals surface area (Å²) in [7, 11) is 0. The van der Waals surface area contributed by atoms with E-state index >= 15 is 0 Å². The van der Waals surface area contributed by atoms with E-state index in [1.807, 2.05) is 30.3 Å². The third-order valence-electron chi connectivity index (χ3n) is 12.9. The number of carbonyl (C=O) groups excluding carboxylic acids is 6. The second-order valence-electron chi connectivity index (χ2n) is 17.8. The molecule has 0 unspecified atom stereocenters. The molecule has 1 saturated carbocycles. The Labute approximate surface area is 389 Å². The number of hydrogen-bond acceptors (Lipinski definition) is 10. The van der Waals surface area contributed by atoms with Crippen LogP contribution in [0.3, 0.4) is 0 Å². The van der Waals surface area contributed by atoms with Crippen LogP contribution in [0.1, 0.15) is 81.8 Å². The largest absolute Gasteiger partial charge is 0.480 e. The first-order valence-electron chi connectivity index (χ1n) is 23.4. The summed E-state index contributed by atoms with van der Waals surface area (Å²) in [6, 6.07) is 9.83. The summed E-state index contributed by atoms with van der Waals surface area (Å²) in [5.74, 6) is -5.03. The van der Waals surface area contributed by atoms with Gasteiger partial charge in [-0.2, -0.15) is 0 Å². The van der Waals surface area contributed by atoms with E-state index in [0.29, 0.717) is 38.5 Å². The van der Waals surface area contributed by atoms with E-state index in [9.17, 15) is 43.8 Å². The zero-order chi connectivity index (χ0) is 47.9. The van der Waals surface area contributed by atoms with E-state index < -0.39 is 90.3 Å². The summed E-state index contributed by atoms with van der Waals surface area (Å²) in [6.07, 6.45) is 5.32. The Morgan fingerprint density at radius 3 is 2.28 bits per heavy atom. The first kappa shape index (κ1) is 49.9. The lowest BCUT2D eigenvalue weighted by Gasteiger charge is -2.33. The number of aliphatic hydroxyl groups excluding tert-OH is 1. The molecule has 1 aliphatic carbocycles. The van der Waals surface area contributed by atoms with Gasteiger partial charge in [-0.25, -0.2) is 0 Å². The molecule has 362 valence electrons. The number of H-pyrrole nitrogens is 1. The Kier molecular flexibility index (Phi) is 18.1. The first-order chi connectivity index (χ1) is 32.2. The number of fused-ring (bicyclic) bond motifs is 2. The number of nitrogens with zero attached hydrogens (tertiary/aromatic N) is 1. The van der Waals surface area contributed by atoms with Crippen LogP contribution in [-0.4, -0.2) is 136 Å². The molecule has 0 bridgehead atoms. The number of carboxylic acid groups (broad SMARTS) is 1. The number of carboxylic acids is 1. The first-order valence-corrected chi connectivity index (χ1v) is 23.4. The molecule has 1 aromatic heterocycles. The van der Waals surface area contributed by atoms with Crippen molar-refractivity contribution in [2.24, 2.45) is 11.7 Å². The summed E-state index contributed by atoms with van der Waals surface area (Å²) in [4.78, 5) is 102. The average Bonchev–Trinajstić information content (AvgIpc) is 3.97. The Hall–Kier alpha value is -6.54. The number of nitrogens with two attached hydrogens (primary N) is 1. The van der Waals surface area contributed by atoms with Crippen LogP contribution < -0.4 is 43.0 Å². The van der Waals surface area contributed by atoms with E-state index in [4.69, 9.17) is 11.1 Å². The minimum atomic E-state index is -1.20. The highest BCUT2D eigenvalue weighted by Crippen LogP contribution is 2.29. The molecule has 6 amide bonds. The van der Waals surface area contributed by atoms with Crippen LogP contribution in [0.15, 0.2) is 60.8 Å². The molecule has 0 spiro atoms. The van der Waals surface area contributed by atoms with Crippen LogP contribution in [0.5, 0.6) is 0 Å². The third kappa shape index (κ3) is 14.5. The van der Waals surface area contributed by atoms with Crippen LogP contribution in [0.25, 0.3) is 10.9 Å². The van der Waals surface area contributed by atoms with Gasteiger partial charge in [0.15, 0.2) is 5.96 Å². The number of guanidine groups is 1. The monoisotopic (exact) mass is 927 g/mol. The molecule has 3 aromatic rings. The van der Waals surface area contributed by atoms with E-state index in [2.05, 4.69) is 42.2 Å². The lowest BCUT2D eigenvalue weighted by atomic mass is 9.83. The molecule has 6 atom stereocenters. The van der Waals surface area contributed by atoms with Gasteiger partial charge in [0.05, 0.1) is 18.7 Å². The van der Waals surface area contributed by atoms with E-state index in [0.717, 1.165) is 22.0 Å². The SMILES string of the molecule is N=C(N)NCCC[C@@H]1NC(=O)[C@H](Cc2c[nH]c3ccccc23)NC(=O)[C@@H](C[C@H]2CC[C@@H](O)CC2)NC(=O)[C@@H]2CCCN2C(=O)[C@@H](NC(=O)[C@H](Cc2ccccc2)NCC(=O)O)CCCNC1=O. The quantitative estimate of drug-likeness (QED) is 0.0547. The van der Waals surface area contributed by atoms with Crippen LogP contribution in [0.4, 0.5) is 0 Å². The van der Waals surface area contributed by atoms with Crippen molar-refractivity contribution in [1.29, 1.82) is 5.41 Å². The number of aromatic nitrogens is 1. The highest BCUT2D eigenvalue weighted by molar-refractivity contribution is 5.97. The highest BCUT2D eigenvalue weighted by atomic mass is 16.4. The number of benzene rings is 2. The topological polar surface area (TPSA) is 313 Å². The van der Waals surface area contributed by atoms with Gasteiger partial charge in [-0.3, -0.25) is 44.3 Å². The number of carbonyl (C=O) groups is 7. The molecule has 6 rings (SSSR count). The number of para-hydroxylation sites is 1. The molecular weight excluding hydrogens is 863 g/mol. The van der Waals surface area contributed by atoms with Gasteiger partial charge in [0.25, 0.3) is 0 Å². The van der Waals surface area contributed by atoms with E-state index in [1.54, 1.807) is 30.5 Å². The maximum absolute atomic E-state index is 14.6. The molecule has 3 heterocycles. The minimum Gasteiger partial charge on any atom is -0.480 e. The Morgan fingerprint density at radius 1 is 0.836 bits per heavy atom. The molecule has 2 aromatic carbocycles. The summed E-state index contributed by atoms with van der Waals surface area (Å²) < 4.78 is 0. The van der Waals surface area contributed by atoms with Crippen molar-refractivity contribution < 1.29 is 43.8 Å². The Bertz CT molecular complexity index is 2210. The van der Waals surface area contributed by atoms with Crippen LogP contribution in [-0.2, 0) is 46.4 Å². The van der Waals surface area contributed by atoms with Crippen LogP contribution in [0, 0.1) is 11.3 Å². The molecule has 20 nitrogen and oxygen atoms in total. The predicted molar refractivity (Wildman–Crippen MR) is 248 cm³/mol. The van der Waals surface area contributed by atoms with Gasteiger partial charge in [0, 0.05) is 43.2 Å². The fraction of sp³-hybridized carbons (Fsp3) is 0.532. The normalized spacial score (nSPS) is 25.1. The molecular formula is C47H65N11O9. The van der Waals surface area contributed by atoms with Crippen molar-refractivity contribution in [2.45, 2.75) is 126 Å². The average molecular weight is 928 g/mol. The number of amides is 6. The van der Waals surface area contributed by atoms with Gasteiger partial charge >= 0.3 is 5.97 Å². The number of nitrogens with one attached hydrogen (secondary N) is 9. The van der Waals surface area contributed by atoms with Crippen LogP contribution >= 0.6 is 0 Å². The number of aliphatic carboxylic acids is 1. The number of aliphatic hydroxyl groups is 1. The van der Waals surface area contributed by atoms with Crippen molar-refractivity contribution in [1.82, 2.24) is 47.1 Å². The van der Waals surface area contributed by atoms with E-state index in [1.165, 1.54) is 4.90 Å². The lowest BCUT2D eigenvalue weighted by molar-refractivity contribution is -0.143. The molecule has 3 fully saturated rings. The van der Waals surface area contributed by atoms with Crippen molar-refractivity contribution in [3.63, 3.8) is 0 Å². The second-order valence-corrected chi connectivity index (χ2v) is 17.8. The molecule has 2 aliphatic heterocycles. The van der Waals surface area contributed by atoms with Crippen LogP contribution in [0.2, 0.25) is 0 Å². The summed E-state index contributed by atoms with van der Waals surface area (Å²) >= 11 is 0. The molecule has 20 heteroatoms. The summed E-state index contributed by atoms with van der Waals surface area (Å²) in [6.45, 7) is -0.0697. The molecule has 67 heavy (non-hydrogen) atoms. The van der Waals surface area contributed by atoms with Crippen molar-refractivity contribution in [3.8, 4) is 0 Å². The van der Waals surface area contributed by atoms with Gasteiger partial charge in [-0.15, -0.1) is 0 Å². The fourth-order valence-corrected chi connectivity index (χ4v) is 9.28. The Balaban J connectivity index is 1.31. The Morgan fingerprint density at radius 2 is 1.54 bits per heavy atom. The second kappa shape index (κ2) is 24.3. The van der Waals surface area contributed by atoms with Gasteiger partial charge in [-0.1, -0.05) is 48.5 Å². The molecule has 2 saturated heterocycles. The van der Waals surface area contributed by atoms with Gasteiger partial charge in [0.2, 0.25) is 35.4 Å². The summed E-state index contributed by atoms with van der Waals surface area (Å²) in [5.41, 5.74) is 7.80. The zero-order valence-electron chi connectivity index (χ0n) is 37.7. The number of rotatable bonds is 15. The maximum Gasteiger partial charge on any atom is 0.317 e. The fourth-order valence-electron chi connectivity index (χ4n) is 9.28. The predicted octanol–water partition coefficient (Wildman–Crippen LogP) is 0.0406. The standard InChI is InChI=1S/C47H65N11O9/c48-47(49)51-21-6-13-34-41(62)50-20-7-14-35(55-42(63)36(53-27-40(60)61)23-28-9-2-1-3-10-28)46(67)58-22-8-15-39(58)45(66)57-37(24-29-16-18-31(59)19-17-29)43(64)56-38(44(65)54-34)25-30-26-52-33-12-5-4-11-32(30)33/h1-5,9-12,26,29,31,34-39,52-53,59H,6-8,13-25,27H2,(H,50,62)(H,54,65)(H,55,63)(H,56,64)(H,57,66)(H,60,61)(H4,48,49,51)/t29-,31+,34-,35-,36-,37+,38-,39-/m0/s1. The summed E-state index contributed by atoms with van der Waals surface area (Å²) in [5, 5.41) is 48.0. The molecule has 3 aliphatic rings.